The van der Waals surface area contributed by atoms with Gasteiger partial charge in [-0.1, -0.05) is 0 Å². The average Bonchev–Trinajstić information content (AvgIpc) is 2.23. The molecule has 0 saturated carbocycles. The number of aliphatic carboxylic acids is 2. The van der Waals surface area contributed by atoms with Gasteiger partial charge in [0.25, 0.3) is 0 Å². The van der Waals surface area contributed by atoms with E-state index >= 15 is 0 Å². The molecular formula is C10H12O7. The number of ether oxygens (including phenoxy) is 1. The van der Waals surface area contributed by atoms with Crippen molar-refractivity contribution in [2.75, 3.05) is 0 Å². The number of hydrogen-bond donors (Lipinski definition) is 4. The highest BCUT2D eigenvalue weighted by atomic mass is 16.5. The quantitative estimate of drug-likeness (QED) is 0.373. The van der Waals surface area contributed by atoms with Crippen molar-refractivity contribution in [1.82, 2.24) is 0 Å². The van der Waals surface area contributed by atoms with Crippen molar-refractivity contribution in [3.63, 3.8) is 0 Å². The molecule has 0 amide bonds. The molecule has 0 bridgehead atoms. The molecule has 0 unspecified atom stereocenters. The third-order valence-corrected chi connectivity index (χ3v) is 2.33. The molecule has 0 spiro atoms. The zero-order valence-corrected chi connectivity index (χ0v) is 8.74. The lowest BCUT2D eigenvalue weighted by Crippen LogP contribution is -2.42. The molecule has 0 saturated heterocycles. The van der Waals surface area contributed by atoms with E-state index in [1.807, 2.05) is 0 Å². The van der Waals surface area contributed by atoms with Gasteiger partial charge in [0.15, 0.2) is 5.76 Å². The highest BCUT2D eigenvalue weighted by Crippen LogP contribution is 2.23. The minimum Gasteiger partial charge on any atom is -0.480 e. The second-order valence-electron chi connectivity index (χ2n) is 3.57. The van der Waals surface area contributed by atoms with Gasteiger partial charge < -0.3 is 25.2 Å². The fourth-order valence-corrected chi connectivity index (χ4v) is 1.43. The lowest BCUT2D eigenvalue weighted by molar-refractivity contribution is -0.141. The molecule has 3 atom stereocenters. The van der Waals surface area contributed by atoms with E-state index in [0.29, 0.717) is 0 Å². The van der Waals surface area contributed by atoms with Crippen LogP contribution in [0.3, 0.4) is 0 Å². The third kappa shape index (κ3) is 3.05. The van der Waals surface area contributed by atoms with Gasteiger partial charge in [0, 0.05) is 12.0 Å². The van der Waals surface area contributed by atoms with Crippen LogP contribution in [0, 0.1) is 0 Å². The Bertz CT molecular complexity index is 384. The summed E-state index contributed by atoms with van der Waals surface area (Å²) in [5.41, 5.74) is -0.147. The number of aliphatic hydroxyl groups is 2. The van der Waals surface area contributed by atoms with Gasteiger partial charge in [-0.05, 0) is 12.7 Å². The zero-order valence-electron chi connectivity index (χ0n) is 8.74. The van der Waals surface area contributed by atoms with Crippen molar-refractivity contribution in [3.05, 3.63) is 24.0 Å². The van der Waals surface area contributed by atoms with E-state index in [0.717, 1.165) is 6.08 Å². The van der Waals surface area contributed by atoms with Gasteiger partial charge in [-0.15, -0.1) is 0 Å². The second kappa shape index (κ2) is 4.98. The first-order valence-corrected chi connectivity index (χ1v) is 4.72. The van der Waals surface area contributed by atoms with Crippen LogP contribution in [0.25, 0.3) is 0 Å². The first-order valence-electron chi connectivity index (χ1n) is 4.72. The van der Waals surface area contributed by atoms with Crippen LogP contribution in [0.1, 0.15) is 6.42 Å². The van der Waals surface area contributed by atoms with E-state index < -0.39 is 36.0 Å². The summed E-state index contributed by atoms with van der Waals surface area (Å²) in [7, 11) is 0. The molecule has 1 aliphatic carbocycles. The normalized spacial score (nSPS) is 28.1. The van der Waals surface area contributed by atoms with Gasteiger partial charge in [-0.25, -0.2) is 9.59 Å². The molecular weight excluding hydrogens is 232 g/mol. The summed E-state index contributed by atoms with van der Waals surface area (Å²) >= 11 is 0. The molecule has 1 rings (SSSR count). The Labute approximate surface area is 96.3 Å². The van der Waals surface area contributed by atoms with Crippen LogP contribution >= 0.6 is 0 Å². The Morgan fingerprint density at radius 3 is 2.41 bits per heavy atom. The Balaban J connectivity index is 2.81. The van der Waals surface area contributed by atoms with Crippen LogP contribution in [0.15, 0.2) is 24.0 Å². The number of carboxylic acid groups (broad SMARTS) is 2. The van der Waals surface area contributed by atoms with Crippen molar-refractivity contribution < 1.29 is 34.8 Å². The van der Waals surface area contributed by atoms with Gasteiger partial charge in [-0.3, -0.25) is 0 Å². The summed E-state index contributed by atoms with van der Waals surface area (Å²) in [5.74, 6) is -3.29. The molecule has 7 heteroatoms. The highest BCUT2D eigenvalue weighted by Gasteiger charge is 2.35. The molecule has 7 nitrogen and oxygen atoms in total. The summed E-state index contributed by atoms with van der Waals surface area (Å²) in [6, 6.07) is 0. The van der Waals surface area contributed by atoms with Crippen molar-refractivity contribution in [2.45, 2.75) is 24.7 Å². The molecule has 0 heterocycles. The summed E-state index contributed by atoms with van der Waals surface area (Å²) in [6.45, 7) is 3.10. The van der Waals surface area contributed by atoms with Gasteiger partial charge in [0.05, 0.1) is 0 Å². The number of aliphatic hydroxyl groups excluding tert-OH is 2. The van der Waals surface area contributed by atoms with Crippen molar-refractivity contribution >= 4 is 11.9 Å². The van der Waals surface area contributed by atoms with Crippen LogP contribution in [0.4, 0.5) is 0 Å². The number of carbonyl (C=O) groups is 2. The molecule has 94 valence electrons. The van der Waals surface area contributed by atoms with Gasteiger partial charge in [0.2, 0.25) is 0 Å². The van der Waals surface area contributed by atoms with E-state index in [4.69, 9.17) is 14.9 Å². The minimum atomic E-state index is -1.42. The largest absolute Gasteiger partial charge is 0.480 e. The summed E-state index contributed by atoms with van der Waals surface area (Å²) in [4.78, 5) is 21.2. The van der Waals surface area contributed by atoms with Crippen LogP contribution in [0.5, 0.6) is 0 Å². The third-order valence-electron chi connectivity index (χ3n) is 2.33. The zero-order chi connectivity index (χ0) is 13.2. The predicted molar refractivity (Wildman–Crippen MR) is 54.0 cm³/mol. The van der Waals surface area contributed by atoms with E-state index in [9.17, 15) is 19.8 Å². The van der Waals surface area contributed by atoms with Crippen molar-refractivity contribution in [2.24, 2.45) is 0 Å². The molecule has 17 heavy (non-hydrogen) atoms. The maximum atomic E-state index is 10.7. The number of carboxylic acids is 2. The number of rotatable bonds is 4. The van der Waals surface area contributed by atoms with Crippen LogP contribution in [0.2, 0.25) is 0 Å². The molecule has 0 radical (unpaired) electrons. The Kier molecular flexibility index (Phi) is 3.87. The second-order valence-corrected chi connectivity index (χ2v) is 3.57. The lowest BCUT2D eigenvalue weighted by atomic mass is 9.92. The molecule has 0 aromatic heterocycles. The fraction of sp³-hybridized carbons (Fsp3) is 0.400. The van der Waals surface area contributed by atoms with Gasteiger partial charge in [0.1, 0.15) is 18.3 Å². The molecule has 0 fully saturated rings. The van der Waals surface area contributed by atoms with Gasteiger partial charge in [-0.2, -0.15) is 0 Å². The first-order chi connectivity index (χ1) is 7.82. The standard InChI is InChI=1S/C10H12O7/c1-4(9(13)14)17-7-3-5(10(15)16)2-6(11)8(7)12/h2,6-8,11-12H,1,3H2,(H,13,14)(H,15,16)/t6-,7-,8-/m0/s1. The van der Waals surface area contributed by atoms with Gasteiger partial charge >= 0.3 is 11.9 Å². The van der Waals surface area contributed by atoms with Crippen LogP contribution in [-0.4, -0.2) is 50.7 Å². The fourth-order valence-electron chi connectivity index (χ4n) is 1.43. The molecule has 0 aromatic rings. The summed E-state index contributed by atoms with van der Waals surface area (Å²) in [5, 5.41) is 36.2. The Morgan fingerprint density at radius 2 is 1.94 bits per heavy atom. The van der Waals surface area contributed by atoms with Crippen LogP contribution in [-0.2, 0) is 14.3 Å². The first kappa shape index (κ1) is 13.2. The smallest absolute Gasteiger partial charge is 0.370 e. The molecule has 0 aromatic carbocycles. The summed E-state index contributed by atoms with van der Waals surface area (Å²) in [6.07, 6.45) is -3.17. The number of hydrogen-bond acceptors (Lipinski definition) is 5. The monoisotopic (exact) mass is 244 g/mol. The topological polar surface area (TPSA) is 124 Å². The van der Waals surface area contributed by atoms with Crippen molar-refractivity contribution in [1.29, 1.82) is 0 Å². The molecule has 1 aliphatic rings. The van der Waals surface area contributed by atoms with E-state index in [2.05, 4.69) is 6.58 Å². The Morgan fingerprint density at radius 1 is 1.35 bits per heavy atom. The van der Waals surface area contributed by atoms with Crippen molar-refractivity contribution in [3.8, 4) is 0 Å². The lowest BCUT2D eigenvalue weighted by Gasteiger charge is -2.30. The highest BCUT2D eigenvalue weighted by molar-refractivity contribution is 5.87. The maximum Gasteiger partial charge on any atom is 0.370 e. The maximum absolute atomic E-state index is 10.7. The van der Waals surface area contributed by atoms with Crippen LogP contribution < -0.4 is 0 Å². The minimum absolute atomic E-state index is 0.147. The predicted octanol–water partition coefficient (Wildman–Crippen LogP) is -0.894. The average molecular weight is 244 g/mol. The summed E-state index contributed by atoms with van der Waals surface area (Å²) < 4.78 is 4.81. The molecule has 0 aliphatic heterocycles. The van der Waals surface area contributed by atoms with E-state index in [1.165, 1.54) is 0 Å². The van der Waals surface area contributed by atoms with E-state index in [1.54, 1.807) is 0 Å². The SMILES string of the molecule is C=C(O[C@H]1CC(C(=O)O)=C[C@H](O)[C@@H]1O)C(=O)O. The molecule has 4 N–H and O–H groups in total. The Hall–Kier alpha value is -1.86. The van der Waals surface area contributed by atoms with E-state index in [-0.39, 0.29) is 12.0 Å².